The van der Waals surface area contributed by atoms with Crippen LogP contribution in [0.3, 0.4) is 0 Å². The van der Waals surface area contributed by atoms with Gasteiger partial charge in [0.15, 0.2) is 11.6 Å². The van der Waals surface area contributed by atoms with Gasteiger partial charge in [-0.3, -0.25) is 4.79 Å². The van der Waals surface area contributed by atoms with E-state index in [2.05, 4.69) is 5.32 Å². The number of carbonyl (C=O) groups excluding carboxylic acids is 1. The molecular formula is C16H14F4N2O2. The third kappa shape index (κ3) is 3.83. The first kappa shape index (κ1) is 17.7. The van der Waals surface area contributed by atoms with Crippen molar-refractivity contribution in [2.24, 2.45) is 5.73 Å². The lowest BCUT2D eigenvalue weighted by atomic mass is 10.0. The summed E-state index contributed by atoms with van der Waals surface area (Å²) in [5, 5.41) is 2.31. The molecule has 0 fully saturated rings. The van der Waals surface area contributed by atoms with Crippen LogP contribution in [0.2, 0.25) is 0 Å². The zero-order valence-electron chi connectivity index (χ0n) is 12.6. The number of methoxy groups -OCH3 is 1. The normalized spacial score (nSPS) is 11.9. The topological polar surface area (TPSA) is 64.3 Å². The van der Waals surface area contributed by atoms with Crippen LogP contribution in [0.5, 0.6) is 5.75 Å². The number of ether oxygens (including phenoxy) is 1. The average molecular weight is 342 g/mol. The third-order valence-electron chi connectivity index (χ3n) is 3.33. The standard InChI is InChI=1S/C16H14F4N2O2/c1-24-9-5-12(19)14(13(20)6-9)15(21)16(23)22-7-8-2-3-10(17)11(18)4-8/h2-6,15H,7,21H2,1H3,(H,22,23). The molecule has 0 aliphatic carbocycles. The molecule has 24 heavy (non-hydrogen) atoms. The Morgan fingerprint density at radius 2 is 1.71 bits per heavy atom. The van der Waals surface area contributed by atoms with Crippen molar-refractivity contribution in [1.29, 1.82) is 0 Å². The fourth-order valence-electron chi connectivity index (χ4n) is 2.06. The van der Waals surface area contributed by atoms with Crippen LogP contribution in [0.25, 0.3) is 0 Å². The minimum absolute atomic E-state index is 0.0526. The van der Waals surface area contributed by atoms with Crippen LogP contribution >= 0.6 is 0 Å². The molecule has 2 aromatic rings. The average Bonchev–Trinajstić information content (AvgIpc) is 2.54. The van der Waals surface area contributed by atoms with Gasteiger partial charge in [0.25, 0.3) is 0 Å². The van der Waals surface area contributed by atoms with Gasteiger partial charge < -0.3 is 15.8 Å². The molecule has 0 spiro atoms. The van der Waals surface area contributed by atoms with Crippen LogP contribution in [0.15, 0.2) is 30.3 Å². The van der Waals surface area contributed by atoms with Gasteiger partial charge >= 0.3 is 0 Å². The lowest BCUT2D eigenvalue weighted by Gasteiger charge is -2.15. The van der Waals surface area contributed by atoms with Gasteiger partial charge in [0, 0.05) is 18.7 Å². The molecule has 0 aliphatic heterocycles. The Balaban J connectivity index is 2.11. The maximum atomic E-state index is 13.9. The van der Waals surface area contributed by atoms with Crippen molar-refractivity contribution < 1.29 is 27.1 Å². The molecule has 0 saturated carbocycles. The monoisotopic (exact) mass is 342 g/mol. The fourth-order valence-corrected chi connectivity index (χ4v) is 2.06. The fraction of sp³-hybridized carbons (Fsp3) is 0.188. The minimum Gasteiger partial charge on any atom is -0.497 e. The second-order valence-electron chi connectivity index (χ2n) is 4.95. The van der Waals surface area contributed by atoms with Crippen molar-refractivity contribution in [2.45, 2.75) is 12.6 Å². The summed E-state index contributed by atoms with van der Waals surface area (Å²) in [5.41, 5.74) is 5.24. The molecule has 1 unspecified atom stereocenters. The smallest absolute Gasteiger partial charge is 0.242 e. The van der Waals surface area contributed by atoms with E-state index in [1.807, 2.05) is 0 Å². The number of carbonyl (C=O) groups is 1. The number of benzene rings is 2. The molecule has 3 N–H and O–H groups in total. The van der Waals surface area contributed by atoms with Gasteiger partial charge in [-0.25, -0.2) is 17.6 Å². The summed E-state index contributed by atoms with van der Waals surface area (Å²) >= 11 is 0. The molecule has 1 amide bonds. The van der Waals surface area contributed by atoms with Crippen molar-refractivity contribution in [3.05, 3.63) is 64.7 Å². The summed E-state index contributed by atoms with van der Waals surface area (Å²) in [6, 6.07) is 3.26. The summed E-state index contributed by atoms with van der Waals surface area (Å²) in [6.07, 6.45) is 0. The molecule has 0 saturated heterocycles. The van der Waals surface area contributed by atoms with Gasteiger partial charge in [0.2, 0.25) is 5.91 Å². The number of nitrogens with two attached hydrogens (primary N) is 1. The first-order chi connectivity index (χ1) is 11.3. The Hall–Kier alpha value is -2.61. The van der Waals surface area contributed by atoms with E-state index in [0.29, 0.717) is 0 Å². The number of hydrogen-bond donors (Lipinski definition) is 2. The Kier molecular flexibility index (Phi) is 5.40. The molecule has 2 rings (SSSR count). The van der Waals surface area contributed by atoms with E-state index in [1.165, 1.54) is 13.2 Å². The van der Waals surface area contributed by atoms with Gasteiger partial charge in [-0.2, -0.15) is 0 Å². The number of halogens is 4. The molecule has 8 heteroatoms. The molecule has 128 valence electrons. The second-order valence-corrected chi connectivity index (χ2v) is 4.95. The highest BCUT2D eigenvalue weighted by molar-refractivity contribution is 5.83. The lowest BCUT2D eigenvalue weighted by molar-refractivity contribution is -0.122. The van der Waals surface area contributed by atoms with E-state index >= 15 is 0 Å². The zero-order valence-corrected chi connectivity index (χ0v) is 12.6. The predicted octanol–water partition coefficient (Wildman–Crippen LogP) is 2.57. The quantitative estimate of drug-likeness (QED) is 0.821. The van der Waals surface area contributed by atoms with Crippen molar-refractivity contribution in [3.63, 3.8) is 0 Å². The van der Waals surface area contributed by atoms with Crippen LogP contribution in [0.4, 0.5) is 17.6 Å². The molecule has 0 bridgehead atoms. The largest absolute Gasteiger partial charge is 0.497 e. The molecule has 0 aromatic heterocycles. The van der Waals surface area contributed by atoms with E-state index in [0.717, 1.165) is 24.3 Å². The lowest BCUT2D eigenvalue weighted by Crippen LogP contribution is -2.34. The van der Waals surface area contributed by atoms with Gasteiger partial charge in [0.1, 0.15) is 23.4 Å². The summed E-state index contributed by atoms with van der Waals surface area (Å²) < 4.78 is 58.4. The van der Waals surface area contributed by atoms with Gasteiger partial charge in [-0.1, -0.05) is 6.07 Å². The van der Waals surface area contributed by atoms with E-state index in [1.54, 1.807) is 0 Å². The minimum atomic E-state index is -1.61. The highest BCUT2D eigenvalue weighted by Gasteiger charge is 2.24. The van der Waals surface area contributed by atoms with Crippen molar-refractivity contribution in [2.75, 3.05) is 7.11 Å². The highest BCUT2D eigenvalue weighted by Crippen LogP contribution is 2.24. The predicted molar refractivity (Wildman–Crippen MR) is 78.0 cm³/mol. The molecule has 1 atom stereocenters. The maximum absolute atomic E-state index is 13.9. The highest BCUT2D eigenvalue weighted by atomic mass is 19.2. The van der Waals surface area contributed by atoms with Gasteiger partial charge in [-0.05, 0) is 17.7 Å². The Morgan fingerprint density at radius 3 is 2.25 bits per heavy atom. The van der Waals surface area contributed by atoms with Gasteiger partial charge in [0.05, 0.1) is 12.7 Å². The Labute approximate surface area is 135 Å². The third-order valence-corrected chi connectivity index (χ3v) is 3.33. The molecule has 0 aliphatic rings. The second kappa shape index (κ2) is 7.31. The van der Waals surface area contributed by atoms with Crippen LogP contribution in [0.1, 0.15) is 17.2 Å². The van der Waals surface area contributed by atoms with Gasteiger partial charge in [-0.15, -0.1) is 0 Å². The SMILES string of the molecule is COc1cc(F)c(C(N)C(=O)NCc2ccc(F)c(F)c2)c(F)c1. The summed E-state index contributed by atoms with van der Waals surface area (Å²) in [4.78, 5) is 12.0. The molecule has 0 heterocycles. The van der Waals surface area contributed by atoms with E-state index in [-0.39, 0.29) is 17.9 Å². The van der Waals surface area contributed by atoms with Crippen molar-refractivity contribution >= 4 is 5.91 Å². The molecule has 0 radical (unpaired) electrons. The first-order valence-electron chi connectivity index (χ1n) is 6.83. The summed E-state index contributed by atoms with van der Waals surface area (Å²) in [5.74, 6) is -5.07. The Bertz CT molecular complexity index is 745. The summed E-state index contributed by atoms with van der Waals surface area (Å²) in [7, 11) is 1.24. The van der Waals surface area contributed by atoms with E-state index in [4.69, 9.17) is 10.5 Å². The Morgan fingerprint density at radius 1 is 1.08 bits per heavy atom. The molecule has 4 nitrogen and oxygen atoms in total. The maximum Gasteiger partial charge on any atom is 0.242 e. The van der Waals surface area contributed by atoms with E-state index in [9.17, 15) is 22.4 Å². The number of hydrogen-bond acceptors (Lipinski definition) is 3. The van der Waals surface area contributed by atoms with Crippen LogP contribution in [-0.4, -0.2) is 13.0 Å². The van der Waals surface area contributed by atoms with Crippen LogP contribution in [0, 0.1) is 23.3 Å². The summed E-state index contributed by atoms with van der Waals surface area (Å²) in [6.45, 7) is -0.177. The molecule has 2 aromatic carbocycles. The van der Waals surface area contributed by atoms with Crippen LogP contribution < -0.4 is 15.8 Å². The zero-order chi connectivity index (χ0) is 17.9. The van der Waals surface area contributed by atoms with Crippen molar-refractivity contribution in [3.8, 4) is 5.75 Å². The number of nitrogens with one attached hydrogen (secondary N) is 1. The van der Waals surface area contributed by atoms with Crippen LogP contribution in [-0.2, 0) is 11.3 Å². The number of amides is 1. The molecular weight excluding hydrogens is 328 g/mol. The van der Waals surface area contributed by atoms with E-state index < -0.39 is 40.8 Å². The number of rotatable bonds is 5. The van der Waals surface area contributed by atoms with Crippen molar-refractivity contribution in [1.82, 2.24) is 5.32 Å². The first-order valence-corrected chi connectivity index (χ1v) is 6.83.